The zero-order valence-electron chi connectivity index (χ0n) is 18.4. The summed E-state index contributed by atoms with van der Waals surface area (Å²) in [6.07, 6.45) is -4.45. The summed E-state index contributed by atoms with van der Waals surface area (Å²) >= 11 is 5.87. The van der Waals surface area contributed by atoms with Gasteiger partial charge in [0.15, 0.2) is 0 Å². The highest BCUT2D eigenvalue weighted by Gasteiger charge is 2.66. The average molecular weight is 469 g/mol. The number of hydrogen-bond acceptors (Lipinski definition) is 7. The van der Waals surface area contributed by atoms with E-state index in [1.54, 1.807) is 0 Å². The molecule has 1 heterocycles. The molecule has 0 bridgehead atoms. The molecule has 11 heteroatoms. The molecule has 0 spiro atoms. The van der Waals surface area contributed by atoms with Crippen LogP contribution in [0.4, 0.5) is 18.9 Å². The fourth-order valence-electron chi connectivity index (χ4n) is 2.93. The number of pyridine rings is 1. The molecule has 1 aromatic heterocycles. The van der Waals surface area contributed by atoms with E-state index in [1.807, 2.05) is 0 Å². The van der Waals surface area contributed by atoms with Crippen LogP contribution in [0, 0.1) is 11.8 Å². The van der Waals surface area contributed by atoms with Crippen molar-refractivity contribution in [3.8, 4) is 0 Å². The lowest BCUT2D eigenvalue weighted by Crippen LogP contribution is -2.56. The van der Waals surface area contributed by atoms with Crippen molar-refractivity contribution in [1.82, 2.24) is 4.98 Å². The monoisotopic (exact) mass is 468 g/mol. The fraction of sp³-hybridized carbons (Fsp3) is 0.650. The Morgan fingerprint density at radius 1 is 1.06 bits per heavy atom. The summed E-state index contributed by atoms with van der Waals surface area (Å²) in [4.78, 5) is 29.2. The van der Waals surface area contributed by atoms with Gasteiger partial charge in [-0.25, -0.2) is 4.98 Å². The number of hydrogen-bond donors (Lipinski definition) is 2. The Morgan fingerprint density at radius 2 is 1.52 bits per heavy atom. The highest BCUT2D eigenvalue weighted by molar-refractivity contribution is 6.30. The third-order valence-corrected chi connectivity index (χ3v) is 4.43. The van der Waals surface area contributed by atoms with E-state index in [1.165, 1.54) is 41.5 Å². The Kier molecular flexibility index (Phi) is 7.67. The third-order valence-electron chi connectivity index (χ3n) is 4.14. The topological polar surface area (TPSA) is 112 Å². The fourth-order valence-corrected chi connectivity index (χ4v) is 3.24. The maximum absolute atomic E-state index is 14.4. The first-order valence-corrected chi connectivity index (χ1v) is 9.75. The van der Waals surface area contributed by atoms with Crippen molar-refractivity contribution in [2.24, 2.45) is 11.8 Å². The van der Waals surface area contributed by atoms with Crippen LogP contribution >= 0.6 is 11.6 Å². The van der Waals surface area contributed by atoms with Crippen molar-refractivity contribution in [2.75, 3.05) is 5.73 Å². The zero-order chi connectivity index (χ0) is 24.6. The van der Waals surface area contributed by atoms with E-state index in [4.69, 9.17) is 26.8 Å². The van der Waals surface area contributed by atoms with Crippen LogP contribution < -0.4 is 5.73 Å². The number of carbonyl (C=O) groups excluding carboxylic acids is 2. The summed E-state index contributed by atoms with van der Waals surface area (Å²) < 4.78 is 53.5. The highest BCUT2D eigenvalue weighted by atomic mass is 35.5. The van der Waals surface area contributed by atoms with Crippen molar-refractivity contribution in [2.45, 2.75) is 71.4 Å². The molecule has 0 aliphatic heterocycles. The molecule has 3 N–H and O–H groups in total. The Labute approximate surface area is 184 Å². The Hall–Kier alpha value is -2.07. The minimum Gasteiger partial charge on any atom is -0.460 e. The molecule has 3 unspecified atom stereocenters. The van der Waals surface area contributed by atoms with E-state index < -0.39 is 63.2 Å². The number of halogens is 4. The van der Waals surface area contributed by atoms with E-state index in [2.05, 4.69) is 4.98 Å². The summed E-state index contributed by atoms with van der Waals surface area (Å²) in [5.74, 6) is -6.92. The average Bonchev–Trinajstić information content (AvgIpc) is 2.50. The van der Waals surface area contributed by atoms with E-state index in [9.17, 15) is 27.9 Å². The predicted octanol–water partition coefficient (Wildman–Crippen LogP) is 4.00. The molecular weight excluding hydrogens is 441 g/mol. The zero-order valence-corrected chi connectivity index (χ0v) is 19.2. The number of ether oxygens (including phenoxy) is 2. The second kappa shape index (κ2) is 8.82. The number of aromatic nitrogens is 1. The molecule has 176 valence electrons. The normalized spacial score (nSPS) is 16.8. The number of alkyl halides is 3. The smallest absolute Gasteiger partial charge is 0.422 e. The van der Waals surface area contributed by atoms with Crippen LogP contribution in [0.15, 0.2) is 12.3 Å². The number of anilines is 1. The summed E-state index contributed by atoms with van der Waals surface area (Å²) in [5, 5.41) is 10.3. The molecule has 0 aromatic carbocycles. The van der Waals surface area contributed by atoms with E-state index in [0.717, 1.165) is 19.2 Å². The van der Waals surface area contributed by atoms with Crippen LogP contribution in [0.25, 0.3) is 0 Å². The van der Waals surface area contributed by atoms with E-state index >= 15 is 0 Å². The number of aliphatic hydroxyl groups is 1. The first-order chi connectivity index (χ1) is 13.7. The van der Waals surface area contributed by atoms with Gasteiger partial charge in [0, 0.05) is 11.9 Å². The van der Waals surface area contributed by atoms with Gasteiger partial charge in [0.2, 0.25) is 5.60 Å². The second-order valence-corrected chi connectivity index (χ2v) is 9.52. The van der Waals surface area contributed by atoms with Crippen LogP contribution in [0.5, 0.6) is 0 Å². The van der Waals surface area contributed by atoms with Crippen LogP contribution in [0.3, 0.4) is 0 Å². The summed E-state index contributed by atoms with van der Waals surface area (Å²) in [6.45, 7) is 9.83. The number of carbonyl (C=O) groups is 2. The Balaban J connectivity index is 3.83. The largest absolute Gasteiger partial charge is 0.460 e. The molecule has 3 atom stereocenters. The number of nitrogens with two attached hydrogens (primary N) is 1. The van der Waals surface area contributed by atoms with Crippen LogP contribution in [-0.4, -0.2) is 39.4 Å². The second-order valence-electron chi connectivity index (χ2n) is 9.16. The molecule has 0 fully saturated rings. The lowest BCUT2D eigenvalue weighted by Gasteiger charge is -2.40. The number of nitrogens with zero attached hydrogens (tertiary/aromatic N) is 1. The number of rotatable bonds is 5. The molecule has 0 aliphatic rings. The molecule has 7 nitrogen and oxygen atoms in total. The quantitative estimate of drug-likeness (QED) is 0.496. The predicted molar refractivity (Wildman–Crippen MR) is 108 cm³/mol. The van der Waals surface area contributed by atoms with E-state index in [-0.39, 0.29) is 0 Å². The van der Waals surface area contributed by atoms with Gasteiger partial charge in [0.1, 0.15) is 22.3 Å². The lowest BCUT2D eigenvalue weighted by molar-refractivity contribution is -0.293. The van der Waals surface area contributed by atoms with Crippen molar-refractivity contribution in [3.05, 3.63) is 23.0 Å². The van der Waals surface area contributed by atoms with Crippen molar-refractivity contribution in [3.63, 3.8) is 0 Å². The molecular formula is C20H28ClF3N2O5. The van der Waals surface area contributed by atoms with E-state index in [0.29, 0.717) is 0 Å². The molecule has 0 amide bonds. The maximum atomic E-state index is 14.4. The van der Waals surface area contributed by atoms with Crippen molar-refractivity contribution in [1.29, 1.82) is 0 Å². The van der Waals surface area contributed by atoms with Gasteiger partial charge in [-0.1, -0.05) is 18.5 Å². The SMILES string of the molecule is CC(C(=O)OC(C)(C)C)C(C(=O)OC(C)(C)C)C(O)(c1c(N)ccnc1Cl)C(F)(F)F. The van der Waals surface area contributed by atoms with Gasteiger partial charge in [-0.3, -0.25) is 9.59 Å². The minimum atomic E-state index is -5.49. The van der Waals surface area contributed by atoms with Gasteiger partial charge >= 0.3 is 18.1 Å². The van der Waals surface area contributed by atoms with Gasteiger partial charge in [-0.15, -0.1) is 0 Å². The molecule has 0 saturated carbocycles. The first kappa shape index (κ1) is 27.0. The molecule has 0 aliphatic carbocycles. The first-order valence-electron chi connectivity index (χ1n) is 9.37. The minimum absolute atomic E-state index is 0.565. The Bertz CT molecular complexity index is 813. The van der Waals surface area contributed by atoms with Crippen LogP contribution in [0.2, 0.25) is 5.15 Å². The molecule has 0 radical (unpaired) electrons. The van der Waals surface area contributed by atoms with Gasteiger partial charge in [0.05, 0.1) is 11.5 Å². The highest BCUT2D eigenvalue weighted by Crippen LogP contribution is 2.51. The summed E-state index contributed by atoms with van der Waals surface area (Å²) in [7, 11) is 0. The van der Waals surface area contributed by atoms with Gasteiger partial charge in [-0.2, -0.15) is 13.2 Å². The van der Waals surface area contributed by atoms with Gasteiger partial charge in [-0.05, 0) is 47.6 Å². The summed E-state index contributed by atoms with van der Waals surface area (Å²) in [6, 6.07) is 0.988. The molecule has 1 rings (SSSR count). The number of esters is 2. The number of nitrogen functional groups attached to an aromatic ring is 1. The maximum Gasteiger partial charge on any atom is 0.422 e. The van der Waals surface area contributed by atoms with Crippen molar-refractivity contribution < 1.29 is 37.3 Å². The van der Waals surface area contributed by atoms with Crippen LogP contribution in [0.1, 0.15) is 54.0 Å². The van der Waals surface area contributed by atoms with Gasteiger partial charge < -0.3 is 20.3 Å². The molecule has 31 heavy (non-hydrogen) atoms. The van der Waals surface area contributed by atoms with Gasteiger partial charge in [0.25, 0.3) is 0 Å². The van der Waals surface area contributed by atoms with Crippen molar-refractivity contribution >= 4 is 29.2 Å². The molecule has 0 saturated heterocycles. The Morgan fingerprint density at radius 3 is 1.90 bits per heavy atom. The standard InChI is InChI=1S/C20H28ClF3N2O5/c1-10(15(27)30-17(2,3)4)12(16(28)31-18(5,6)7)19(29,20(22,23)24)13-11(25)8-9-26-14(13)21/h8-10,12,29H,1-7H3,(H2,25,26). The third kappa shape index (κ3) is 6.22. The lowest BCUT2D eigenvalue weighted by atomic mass is 9.73. The molecule has 1 aromatic rings. The van der Waals surface area contributed by atoms with Crippen LogP contribution in [-0.2, 0) is 24.7 Å². The summed E-state index contributed by atoms with van der Waals surface area (Å²) in [5.41, 5.74) is -2.20.